The molecule has 0 aliphatic rings. The van der Waals surface area contributed by atoms with Crippen molar-refractivity contribution in [2.45, 2.75) is 16.7 Å². The zero-order valence-corrected chi connectivity index (χ0v) is 20.3. The number of hydrogen-bond acceptors (Lipinski definition) is 6. The highest BCUT2D eigenvalue weighted by molar-refractivity contribution is 7.91. The first-order chi connectivity index (χ1) is 16.7. The quantitative estimate of drug-likeness (QED) is 0.216. The molecule has 36 heavy (non-hydrogen) atoms. The molecule has 4 aromatic rings. The van der Waals surface area contributed by atoms with Gasteiger partial charge in [0.15, 0.2) is 21.4 Å². The molecule has 13 heteroatoms. The van der Waals surface area contributed by atoms with Crippen LogP contribution in [0.2, 0.25) is 0 Å². The summed E-state index contributed by atoms with van der Waals surface area (Å²) >= 11 is 0. The molecule has 0 atom stereocenters. The Hall–Kier alpha value is -3.84. The van der Waals surface area contributed by atoms with Crippen LogP contribution >= 0.6 is 0 Å². The molecule has 0 amide bonds. The van der Waals surface area contributed by atoms with Crippen LogP contribution in [0.25, 0.3) is 10.9 Å². The molecule has 0 aliphatic carbocycles. The Balaban J connectivity index is 2.00. The van der Waals surface area contributed by atoms with E-state index >= 15 is 8.78 Å². The second-order valence-corrected chi connectivity index (χ2v) is 11.7. The van der Waals surface area contributed by atoms with Gasteiger partial charge in [0.05, 0.1) is 10.5 Å². The molecule has 0 aliphatic heterocycles. The summed E-state index contributed by atoms with van der Waals surface area (Å²) in [5, 5.41) is 6.97. The third-order valence-electron chi connectivity index (χ3n) is 5.30. The third-order valence-corrected chi connectivity index (χ3v) is 8.14. The molecule has 0 unspecified atom stereocenters. The lowest BCUT2D eigenvalue weighted by Crippen LogP contribution is -2.14. The number of nitrogens with zero attached hydrogens (tertiary/aromatic N) is 1. The van der Waals surface area contributed by atoms with Crippen LogP contribution in [0, 0.1) is 29.8 Å². The SMILES string of the molecule is Cc1ccc(S(=O)(=O)n2ccc3c(S(C)(=O)=O)c(Oc4ccc(F)c(C(=N)N)c4)c(F)c(F)c32)cc1. The lowest BCUT2D eigenvalue weighted by molar-refractivity contribution is 0.407. The normalized spacial score (nSPS) is 12.1. The maximum absolute atomic E-state index is 15.4. The van der Waals surface area contributed by atoms with E-state index in [1.807, 2.05) is 0 Å². The van der Waals surface area contributed by atoms with Crippen LogP contribution in [0.5, 0.6) is 11.5 Å². The molecule has 0 saturated heterocycles. The van der Waals surface area contributed by atoms with Crippen molar-refractivity contribution in [3.8, 4) is 11.5 Å². The molecule has 8 nitrogen and oxygen atoms in total. The fourth-order valence-electron chi connectivity index (χ4n) is 3.61. The third kappa shape index (κ3) is 4.20. The van der Waals surface area contributed by atoms with Gasteiger partial charge in [0.1, 0.15) is 27.8 Å². The Morgan fingerprint density at radius 3 is 2.19 bits per heavy atom. The second-order valence-electron chi connectivity index (χ2n) is 7.91. The summed E-state index contributed by atoms with van der Waals surface area (Å²) in [6.45, 7) is 1.73. The van der Waals surface area contributed by atoms with Gasteiger partial charge in [-0.15, -0.1) is 0 Å². The van der Waals surface area contributed by atoms with Crippen LogP contribution in [0.15, 0.2) is 64.5 Å². The van der Waals surface area contributed by atoms with Gasteiger partial charge in [-0.2, -0.15) is 4.39 Å². The van der Waals surface area contributed by atoms with Crippen LogP contribution in [-0.4, -0.2) is 32.9 Å². The number of nitrogens with two attached hydrogens (primary N) is 1. The molecule has 0 radical (unpaired) electrons. The molecule has 4 rings (SSSR count). The topological polar surface area (TPSA) is 132 Å². The lowest BCUT2D eigenvalue weighted by Gasteiger charge is -2.15. The van der Waals surface area contributed by atoms with Gasteiger partial charge in [0, 0.05) is 17.8 Å². The van der Waals surface area contributed by atoms with Crippen LogP contribution < -0.4 is 10.5 Å². The van der Waals surface area contributed by atoms with Crippen molar-refractivity contribution in [3.63, 3.8) is 0 Å². The van der Waals surface area contributed by atoms with E-state index in [1.54, 1.807) is 6.92 Å². The minimum atomic E-state index is -4.44. The maximum Gasteiger partial charge on any atom is 0.268 e. The van der Waals surface area contributed by atoms with Crippen molar-refractivity contribution in [2.75, 3.05) is 6.26 Å². The average Bonchev–Trinajstić information content (AvgIpc) is 3.23. The molecular weight excluding hydrogens is 519 g/mol. The smallest absolute Gasteiger partial charge is 0.268 e. The molecule has 1 aromatic heterocycles. The van der Waals surface area contributed by atoms with E-state index in [1.165, 1.54) is 24.3 Å². The number of aromatic nitrogens is 1. The number of nitrogen functional groups attached to an aromatic ring is 1. The Bertz CT molecular complexity index is 1770. The number of aryl methyl sites for hydroxylation is 1. The molecule has 3 N–H and O–H groups in total. The van der Waals surface area contributed by atoms with Crippen LogP contribution in [0.4, 0.5) is 13.2 Å². The number of ether oxygens (including phenoxy) is 1. The predicted molar refractivity (Wildman–Crippen MR) is 126 cm³/mol. The molecule has 0 bridgehead atoms. The van der Waals surface area contributed by atoms with E-state index in [-0.39, 0.29) is 10.6 Å². The Labute approximate surface area is 204 Å². The first-order valence-electron chi connectivity index (χ1n) is 10.1. The maximum atomic E-state index is 15.4. The summed E-state index contributed by atoms with van der Waals surface area (Å²) in [6, 6.07) is 9.37. The number of nitrogens with one attached hydrogen (secondary N) is 1. The Morgan fingerprint density at radius 2 is 1.61 bits per heavy atom. The summed E-state index contributed by atoms with van der Waals surface area (Å²) < 4.78 is 102. The van der Waals surface area contributed by atoms with E-state index in [2.05, 4.69) is 0 Å². The van der Waals surface area contributed by atoms with Crippen molar-refractivity contribution < 1.29 is 34.7 Å². The van der Waals surface area contributed by atoms with Gasteiger partial charge < -0.3 is 10.5 Å². The number of rotatable bonds is 6. The average molecular weight is 538 g/mol. The second kappa shape index (κ2) is 8.68. The fourth-order valence-corrected chi connectivity index (χ4v) is 5.99. The number of sulfone groups is 1. The van der Waals surface area contributed by atoms with Crippen molar-refractivity contribution in [2.24, 2.45) is 5.73 Å². The minimum Gasteiger partial charge on any atom is -0.453 e. The van der Waals surface area contributed by atoms with Crippen molar-refractivity contribution in [1.82, 2.24) is 3.97 Å². The Kier molecular flexibility index (Phi) is 6.09. The summed E-state index contributed by atoms with van der Waals surface area (Å²) in [5.74, 6) is -6.43. The highest BCUT2D eigenvalue weighted by Gasteiger charge is 2.32. The molecule has 0 spiro atoms. The summed E-state index contributed by atoms with van der Waals surface area (Å²) in [4.78, 5) is -1.04. The largest absolute Gasteiger partial charge is 0.453 e. The number of amidine groups is 1. The van der Waals surface area contributed by atoms with Gasteiger partial charge in [0.25, 0.3) is 10.0 Å². The zero-order chi connectivity index (χ0) is 26.6. The molecule has 1 heterocycles. The lowest BCUT2D eigenvalue weighted by atomic mass is 10.2. The summed E-state index contributed by atoms with van der Waals surface area (Å²) in [5.41, 5.74) is 4.82. The van der Waals surface area contributed by atoms with Crippen LogP contribution in [-0.2, 0) is 19.9 Å². The fraction of sp³-hybridized carbons (Fsp3) is 0.0870. The van der Waals surface area contributed by atoms with Crippen molar-refractivity contribution in [3.05, 3.63) is 83.3 Å². The Morgan fingerprint density at radius 1 is 0.972 bits per heavy atom. The number of hydrogen-bond donors (Lipinski definition) is 2. The minimum absolute atomic E-state index is 0.227. The molecule has 0 saturated carbocycles. The van der Waals surface area contributed by atoms with E-state index in [0.717, 1.165) is 36.0 Å². The summed E-state index contributed by atoms with van der Waals surface area (Å²) in [6.07, 6.45) is 1.62. The number of halogens is 3. The highest BCUT2D eigenvalue weighted by Crippen LogP contribution is 2.41. The first-order valence-corrected chi connectivity index (χ1v) is 13.4. The van der Waals surface area contributed by atoms with Gasteiger partial charge in [-0.25, -0.2) is 29.6 Å². The van der Waals surface area contributed by atoms with Gasteiger partial charge >= 0.3 is 0 Å². The van der Waals surface area contributed by atoms with E-state index in [9.17, 15) is 21.2 Å². The van der Waals surface area contributed by atoms with Crippen molar-refractivity contribution in [1.29, 1.82) is 5.41 Å². The summed E-state index contributed by atoms with van der Waals surface area (Å²) in [7, 11) is -8.77. The van der Waals surface area contributed by atoms with E-state index in [4.69, 9.17) is 15.9 Å². The molecular formula is C23H18F3N3O5S2. The highest BCUT2D eigenvalue weighted by atomic mass is 32.2. The van der Waals surface area contributed by atoms with Gasteiger partial charge in [-0.1, -0.05) is 17.7 Å². The van der Waals surface area contributed by atoms with Gasteiger partial charge in [0.2, 0.25) is 5.82 Å². The number of benzene rings is 3. The van der Waals surface area contributed by atoms with Gasteiger partial charge in [-0.05, 0) is 43.3 Å². The standard InChI is InChI=1S/C23H18F3N3O5S2/c1-12-3-6-14(7-4-12)36(32,33)29-10-9-15-20(29)18(25)19(26)21(22(15)35(2,30)31)34-13-5-8-17(24)16(11-13)23(27)28/h3-11H,1-2H3,(H3,27,28). The van der Waals surface area contributed by atoms with E-state index in [0.29, 0.717) is 10.2 Å². The van der Waals surface area contributed by atoms with Gasteiger partial charge in [-0.3, -0.25) is 5.41 Å². The first kappa shape index (κ1) is 25.3. The number of fused-ring (bicyclic) bond motifs is 1. The van der Waals surface area contributed by atoms with Crippen LogP contribution in [0.3, 0.4) is 0 Å². The monoisotopic (exact) mass is 537 g/mol. The van der Waals surface area contributed by atoms with Crippen LogP contribution in [0.1, 0.15) is 11.1 Å². The predicted octanol–water partition coefficient (Wildman–Crippen LogP) is 4.08. The molecule has 0 fully saturated rings. The molecule has 188 valence electrons. The van der Waals surface area contributed by atoms with E-state index < -0.39 is 70.3 Å². The van der Waals surface area contributed by atoms with Crippen molar-refractivity contribution >= 4 is 36.6 Å². The molecule has 3 aromatic carbocycles. The zero-order valence-electron chi connectivity index (χ0n) is 18.7.